The molecule has 6 nitrogen and oxygen atoms in total. The van der Waals surface area contributed by atoms with E-state index in [-0.39, 0.29) is 15.8 Å². The van der Waals surface area contributed by atoms with Gasteiger partial charge >= 0.3 is 5.97 Å². The van der Waals surface area contributed by atoms with Crippen LogP contribution in [-0.2, 0) is 10.0 Å². The first-order valence-corrected chi connectivity index (χ1v) is 6.37. The van der Waals surface area contributed by atoms with Crippen molar-refractivity contribution in [1.29, 1.82) is 0 Å². The summed E-state index contributed by atoms with van der Waals surface area (Å²) in [4.78, 5) is 10.7. The minimum atomic E-state index is -3.94. The highest BCUT2D eigenvalue weighted by Gasteiger charge is 2.16. The van der Waals surface area contributed by atoms with Gasteiger partial charge in [-0.15, -0.1) is 0 Å². The molecule has 0 saturated heterocycles. The van der Waals surface area contributed by atoms with Crippen molar-refractivity contribution in [2.24, 2.45) is 5.14 Å². The number of hydrogen-bond acceptors (Lipinski definition) is 4. The van der Waals surface area contributed by atoms with E-state index in [0.29, 0.717) is 5.39 Å². The number of fused-ring (bicyclic) bond motifs is 1. The minimum absolute atomic E-state index is 0.160. The molecular weight excluding hydrogens is 258 g/mol. The number of carbonyl (C=O) groups is 1. The molecule has 2 aromatic rings. The molecule has 0 atom stereocenters. The summed E-state index contributed by atoms with van der Waals surface area (Å²) in [6.45, 7) is 0. The molecule has 0 aliphatic heterocycles. The van der Waals surface area contributed by atoms with E-state index >= 15 is 0 Å². The molecule has 0 aliphatic rings. The number of primary sulfonamides is 1. The molecule has 2 rings (SSSR count). The number of carboxylic acid groups (broad SMARTS) is 1. The molecule has 0 aliphatic carbocycles. The number of carboxylic acids is 1. The topological polar surface area (TPSA) is 118 Å². The number of nitrogens with two attached hydrogens (primary N) is 1. The Kier molecular flexibility index (Phi) is 2.72. The van der Waals surface area contributed by atoms with Crippen LogP contribution in [0.3, 0.4) is 0 Å². The summed E-state index contributed by atoms with van der Waals surface area (Å²) in [5, 5.41) is 24.0. The third-order valence-corrected chi connectivity index (χ3v) is 3.46. The summed E-state index contributed by atoms with van der Waals surface area (Å²) in [5.41, 5.74) is -0.297. The Morgan fingerprint density at radius 2 is 1.89 bits per heavy atom. The molecule has 0 heterocycles. The molecule has 0 unspecified atom stereocenters. The lowest BCUT2D eigenvalue weighted by atomic mass is 10.1. The molecule has 0 saturated carbocycles. The van der Waals surface area contributed by atoms with Crippen molar-refractivity contribution in [2.45, 2.75) is 4.90 Å². The number of benzene rings is 2. The maximum atomic E-state index is 11.4. The number of rotatable bonds is 2. The van der Waals surface area contributed by atoms with Gasteiger partial charge in [0.15, 0.2) is 0 Å². The predicted octanol–water partition coefficient (Wildman–Crippen LogP) is 0.891. The van der Waals surface area contributed by atoms with E-state index in [1.807, 2.05) is 0 Å². The van der Waals surface area contributed by atoms with Gasteiger partial charge < -0.3 is 10.2 Å². The van der Waals surface area contributed by atoms with Crippen LogP contribution in [0.5, 0.6) is 5.75 Å². The van der Waals surface area contributed by atoms with Gasteiger partial charge in [0.2, 0.25) is 10.0 Å². The largest absolute Gasteiger partial charge is 0.507 e. The van der Waals surface area contributed by atoms with Crippen LogP contribution >= 0.6 is 0 Å². The lowest BCUT2D eigenvalue weighted by molar-refractivity contribution is 0.0694. The molecule has 0 radical (unpaired) electrons. The number of aromatic hydroxyl groups is 1. The van der Waals surface area contributed by atoms with Crippen LogP contribution in [0.4, 0.5) is 0 Å². The van der Waals surface area contributed by atoms with E-state index in [9.17, 15) is 18.3 Å². The number of aromatic carboxylic acids is 1. The van der Waals surface area contributed by atoms with Gasteiger partial charge in [0.05, 0.1) is 4.90 Å². The predicted molar refractivity (Wildman–Crippen MR) is 63.9 cm³/mol. The lowest BCUT2D eigenvalue weighted by Crippen LogP contribution is -2.12. The van der Waals surface area contributed by atoms with E-state index in [1.54, 1.807) is 0 Å². The van der Waals surface area contributed by atoms with Crippen molar-refractivity contribution < 1.29 is 23.4 Å². The van der Waals surface area contributed by atoms with E-state index in [1.165, 1.54) is 24.3 Å². The summed E-state index contributed by atoms with van der Waals surface area (Å²) in [6.07, 6.45) is 0. The highest BCUT2D eigenvalue weighted by Crippen LogP contribution is 2.29. The SMILES string of the molecule is NS(=O)(=O)c1cccc2cc(C(=O)O)c(O)cc12. The lowest BCUT2D eigenvalue weighted by Gasteiger charge is -2.07. The monoisotopic (exact) mass is 267 g/mol. The molecule has 94 valence electrons. The zero-order valence-corrected chi connectivity index (χ0v) is 9.81. The molecule has 0 aromatic heterocycles. The van der Waals surface area contributed by atoms with Gasteiger partial charge in [-0.1, -0.05) is 12.1 Å². The Morgan fingerprint density at radius 3 is 2.44 bits per heavy atom. The van der Waals surface area contributed by atoms with Crippen LogP contribution in [0.1, 0.15) is 10.4 Å². The van der Waals surface area contributed by atoms with E-state index in [0.717, 1.165) is 6.07 Å². The van der Waals surface area contributed by atoms with Gasteiger partial charge in [0.1, 0.15) is 11.3 Å². The summed E-state index contributed by atoms with van der Waals surface area (Å²) >= 11 is 0. The van der Waals surface area contributed by atoms with Crippen LogP contribution < -0.4 is 5.14 Å². The Bertz CT molecular complexity index is 751. The Morgan fingerprint density at radius 1 is 1.22 bits per heavy atom. The average Bonchev–Trinajstić information content (AvgIpc) is 2.25. The quantitative estimate of drug-likeness (QED) is 0.746. The molecular formula is C11H9NO5S. The second-order valence-electron chi connectivity index (χ2n) is 3.70. The second-order valence-corrected chi connectivity index (χ2v) is 5.23. The van der Waals surface area contributed by atoms with Crippen LogP contribution in [0, 0.1) is 0 Å². The fourth-order valence-corrected chi connectivity index (χ4v) is 2.46. The second kappa shape index (κ2) is 3.97. The van der Waals surface area contributed by atoms with E-state index in [2.05, 4.69) is 0 Å². The van der Waals surface area contributed by atoms with Crippen molar-refractivity contribution in [3.63, 3.8) is 0 Å². The number of phenols is 1. The van der Waals surface area contributed by atoms with Crippen molar-refractivity contribution in [1.82, 2.24) is 0 Å². The maximum Gasteiger partial charge on any atom is 0.339 e. The van der Waals surface area contributed by atoms with E-state index in [4.69, 9.17) is 10.2 Å². The summed E-state index contributed by atoms with van der Waals surface area (Å²) in [7, 11) is -3.94. The maximum absolute atomic E-state index is 11.4. The Hall–Kier alpha value is -2.12. The standard InChI is InChI=1S/C11H9NO5S/c12-18(16,17)10-3-1-2-6-4-8(11(14)15)9(13)5-7(6)10/h1-5,13H,(H,14,15)(H2,12,16,17). The van der Waals surface area contributed by atoms with Gasteiger partial charge in [-0.25, -0.2) is 18.4 Å². The third kappa shape index (κ3) is 2.01. The first-order chi connectivity index (χ1) is 8.30. The van der Waals surface area contributed by atoms with Crippen molar-refractivity contribution in [3.05, 3.63) is 35.9 Å². The molecule has 0 fully saturated rings. The highest BCUT2D eigenvalue weighted by molar-refractivity contribution is 7.89. The van der Waals surface area contributed by atoms with Crippen molar-refractivity contribution in [2.75, 3.05) is 0 Å². The smallest absolute Gasteiger partial charge is 0.339 e. The fraction of sp³-hybridized carbons (Fsp3) is 0. The Labute approximate surface area is 102 Å². The molecule has 7 heteroatoms. The fourth-order valence-electron chi connectivity index (χ4n) is 1.70. The van der Waals surface area contributed by atoms with Gasteiger partial charge in [-0.2, -0.15) is 0 Å². The first kappa shape index (κ1) is 12.3. The van der Waals surface area contributed by atoms with Crippen LogP contribution in [0.2, 0.25) is 0 Å². The summed E-state index contributed by atoms with van der Waals surface area (Å²) in [5.74, 6) is -1.80. The molecule has 2 aromatic carbocycles. The van der Waals surface area contributed by atoms with Crippen LogP contribution in [-0.4, -0.2) is 24.6 Å². The highest BCUT2D eigenvalue weighted by atomic mass is 32.2. The van der Waals surface area contributed by atoms with Crippen LogP contribution in [0.15, 0.2) is 35.2 Å². The summed E-state index contributed by atoms with van der Waals surface area (Å²) in [6, 6.07) is 6.55. The normalized spacial score (nSPS) is 11.6. The molecule has 0 spiro atoms. The van der Waals surface area contributed by atoms with Crippen molar-refractivity contribution in [3.8, 4) is 5.75 Å². The number of sulfonamides is 1. The third-order valence-electron chi connectivity index (χ3n) is 2.49. The minimum Gasteiger partial charge on any atom is -0.507 e. The van der Waals surface area contributed by atoms with Gasteiger partial charge in [-0.05, 0) is 23.6 Å². The van der Waals surface area contributed by atoms with Gasteiger partial charge in [0.25, 0.3) is 0 Å². The molecule has 18 heavy (non-hydrogen) atoms. The number of hydrogen-bond donors (Lipinski definition) is 3. The van der Waals surface area contributed by atoms with Gasteiger partial charge in [0, 0.05) is 5.39 Å². The zero-order valence-electron chi connectivity index (χ0n) is 8.99. The zero-order chi connectivity index (χ0) is 13.5. The summed E-state index contributed by atoms with van der Waals surface area (Å²) < 4.78 is 22.7. The van der Waals surface area contributed by atoms with Gasteiger partial charge in [-0.3, -0.25) is 0 Å². The molecule has 0 bridgehead atoms. The Balaban J connectivity index is 2.89. The first-order valence-electron chi connectivity index (χ1n) is 4.82. The molecule has 4 N–H and O–H groups in total. The average molecular weight is 267 g/mol. The molecule has 0 amide bonds. The van der Waals surface area contributed by atoms with E-state index < -0.39 is 21.7 Å². The van der Waals surface area contributed by atoms with Crippen molar-refractivity contribution >= 4 is 26.8 Å². The van der Waals surface area contributed by atoms with Crippen LogP contribution in [0.25, 0.3) is 10.8 Å².